The van der Waals surface area contributed by atoms with Gasteiger partial charge in [-0.1, -0.05) is 45.9 Å². The predicted molar refractivity (Wildman–Crippen MR) is 75.4 cm³/mol. The van der Waals surface area contributed by atoms with Gasteiger partial charge >= 0.3 is 0 Å². The van der Waals surface area contributed by atoms with Gasteiger partial charge in [0.25, 0.3) is 0 Å². The third-order valence-corrected chi connectivity index (χ3v) is 4.28. The Morgan fingerprint density at radius 2 is 1.56 bits per heavy atom. The molecule has 1 fully saturated rings. The van der Waals surface area contributed by atoms with E-state index in [1.54, 1.807) is 0 Å². The highest BCUT2D eigenvalue weighted by Crippen LogP contribution is 2.53. The molecule has 0 bridgehead atoms. The van der Waals surface area contributed by atoms with Crippen LogP contribution in [0.2, 0.25) is 0 Å². The molecule has 0 unspecified atom stereocenters. The van der Waals surface area contributed by atoms with E-state index >= 15 is 0 Å². The highest BCUT2D eigenvalue weighted by molar-refractivity contribution is 5.93. The van der Waals surface area contributed by atoms with Crippen molar-refractivity contribution in [1.82, 2.24) is 0 Å². The molecule has 1 saturated carbocycles. The van der Waals surface area contributed by atoms with Crippen LogP contribution in [0.3, 0.4) is 0 Å². The van der Waals surface area contributed by atoms with E-state index in [0.29, 0.717) is 0 Å². The lowest BCUT2D eigenvalue weighted by molar-refractivity contribution is -0.125. The summed E-state index contributed by atoms with van der Waals surface area (Å²) in [5, 5.41) is 3.06. The third kappa shape index (κ3) is 2.43. The van der Waals surface area contributed by atoms with Gasteiger partial charge in [0.1, 0.15) is 0 Å². The summed E-state index contributed by atoms with van der Waals surface area (Å²) in [7, 11) is 0. The zero-order valence-corrected chi connectivity index (χ0v) is 11.8. The summed E-state index contributed by atoms with van der Waals surface area (Å²) in [6.07, 6.45) is 2.24. The third-order valence-electron chi connectivity index (χ3n) is 4.28. The maximum Gasteiger partial charge on any atom is 0.228 e. The zero-order valence-electron chi connectivity index (χ0n) is 11.8. The minimum atomic E-state index is 0.0743. The SMILES string of the molecule is CC1(C)CCC(C)(C)C1C(=O)Nc1ccccc1. The zero-order chi connectivity index (χ0) is 13.4. The van der Waals surface area contributed by atoms with Crippen LogP contribution in [0.4, 0.5) is 5.69 Å². The van der Waals surface area contributed by atoms with Crippen molar-refractivity contribution in [3.63, 3.8) is 0 Å². The molecule has 2 heteroatoms. The van der Waals surface area contributed by atoms with E-state index < -0.39 is 0 Å². The van der Waals surface area contributed by atoms with Crippen molar-refractivity contribution < 1.29 is 4.79 Å². The summed E-state index contributed by atoms with van der Waals surface area (Å²) in [5.74, 6) is 0.235. The Balaban J connectivity index is 2.18. The van der Waals surface area contributed by atoms with Gasteiger partial charge in [0.15, 0.2) is 0 Å². The minimum Gasteiger partial charge on any atom is -0.326 e. The molecule has 1 aromatic carbocycles. The molecule has 18 heavy (non-hydrogen) atoms. The van der Waals surface area contributed by atoms with Crippen molar-refractivity contribution in [2.45, 2.75) is 40.5 Å². The smallest absolute Gasteiger partial charge is 0.228 e. The molecule has 0 spiro atoms. The van der Waals surface area contributed by atoms with Gasteiger partial charge in [0.05, 0.1) is 0 Å². The van der Waals surface area contributed by atoms with E-state index in [-0.39, 0.29) is 22.7 Å². The molecule has 2 nitrogen and oxygen atoms in total. The number of amides is 1. The fraction of sp³-hybridized carbons (Fsp3) is 0.562. The first kappa shape index (κ1) is 13.1. The first-order valence-corrected chi connectivity index (χ1v) is 6.69. The summed E-state index contributed by atoms with van der Waals surface area (Å²) in [4.78, 5) is 12.5. The van der Waals surface area contributed by atoms with Gasteiger partial charge in [-0.2, -0.15) is 0 Å². The highest BCUT2D eigenvalue weighted by atomic mass is 16.2. The Morgan fingerprint density at radius 1 is 1.06 bits per heavy atom. The van der Waals surface area contributed by atoms with Gasteiger partial charge in [-0.05, 0) is 35.8 Å². The van der Waals surface area contributed by atoms with Gasteiger partial charge < -0.3 is 5.32 Å². The van der Waals surface area contributed by atoms with Crippen LogP contribution < -0.4 is 5.32 Å². The Bertz CT molecular complexity index is 418. The van der Waals surface area contributed by atoms with Crippen LogP contribution >= 0.6 is 0 Å². The number of nitrogens with one attached hydrogen (secondary N) is 1. The molecule has 1 aliphatic rings. The van der Waals surface area contributed by atoms with E-state index in [1.165, 1.54) is 0 Å². The predicted octanol–water partition coefficient (Wildman–Crippen LogP) is 4.09. The number of para-hydroxylation sites is 1. The molecule has 1 amide bonds. The fourth-order valence-corrected chi connectivity index (χ4v) is 3.44. The molecule has 0 atom stereocenters. The molecule has 1 aliphatic carbocycles. The minimum absolute atomic E-state index is 0.0743. The molecule has 2 rings (SSSR count). The van der Waals surface area contributed by atoms with E-state index in [2.05, 4.69) is 33.0 Å². The van der Waals surface area contributed by atoms with Crippen molar-refractivity contribution in [1.29, 1.82) is 0 Å². The largest absolute Gasteiger partial charge is 0.326 e. The summed E-state index contributed by atoms with van der Waals surface area (Å²) < 4.78 is 0. The normalized spacial score (nSPS) is 21.8. The van der Waals surface area contributed by atoms with Crippen LogP contribution in [-0.4, -0.2) is 5.91 Å². The second-order valence-electron chi connectivity index (χ2n) is 6.77. The number of rotatable bonds is 2. The quantitative estimate of drug-likeness (QED) is 0.835. The molecular formula is C16H23NO. The molecule has 0 heterocycles. The fourth-order valence-electron chi connectivity index (χ4n) is 3.44. The van der Waals surface area contributed by atoms with E-state index in [0.717, 1.165) is 18.5 Å². The van der Waals surface area contributed by atoms with Gasteiger partial charge in [0.2, 0.25) is 5.91 Å². The summed E-state index contributed by atoms with van der Waals surface area (Å²) in [6, 6.07) is 9.72. The van der Waals surface area contributed by atoms with Crippen LogP contribution in [0.5, 0.6) is 0 Å². The summed E-state index contributed by atoms with van der Waals surface area (Å²) >= 11 is 0. The second-order valence-corrected chi connectivity index (χ2v) is 6.77. The average molecular weight is 245 g/mol. The molecule has 0 aliphatic heterocycles. The number of anilines is 1. The van der Waals surface area contributed by atoms with Crippen LogP contribution in [0.15, 0.2) is 30.3 Å². The molecule has 0 saturated heterocycles. The maximum atomic E-state index is 12.5. The standard InChI is InChI=1S/C16H23NO/c1-15(2)10-11-16(3,4)13(15)14(18)17-12-8-6-5-7-9-12/h5-9,13H,10-11H2,1-4H3,(H,17,18). The van der Waals surface area contributed by atoms with Crippen molar-refractivity contribution in [2.75, 3.05) is 5.32 Å². The molecule has 1 N–H and O–H groups in total. The maximum absolute atomic E-state index is 12.5. The van der Waals surface area contributed by atoms with Crippen molar-refractivity contribution in [3.8, 4) is 0 Å². The number of carbonyl (C=O) groups excluding carboxylic acids is 1. The van der Waals surface area contributed by atoms with Crippen molar-refractivity contribution in [3.05, 3.63) is 30.3 Å². The topological polar surface area (TPSA) is 29.1 Å². The molecule has 0 radical (unpaired) electrons. The Labute approximate surface area is 110 Å². The first-order chi connectivity index (χ1) is 8.33. The van der Waals surface area contributed by atoms with Crippen LogP contribution in [0.25, 0.3) is 0 Å². The molecule has 98 valence electrons. The monoisotopic (exact) mass is 245 g/mol. The summed E-state index contributed by atoms with van der Waals surface area (Å²) in [5.41, 5.74) is 1.06. The molecule has 0 aromatic heterocycles. The van der Waals surface area contributed by atoms with Gasteiger partial charge in [-0.15, -0.1) is 0 Å². The van der Waals surface area contributed by atoms with Crippen molar-refractivity contribution in [2.24, 2.45) is 16.7 Å². The van der Waals surface area contributed by atoms with Gasteiger partial charge in [-0.3, -0.25) is 4.79 Å². The Morgan fingerprint density at radius 3 is 2.06 bits per heavy atom. The van der Waals surface area contributed by atoms with E-state index in [9.17, 15) is 4.79 Å². The lowest BCUT2D eigenvalue weighted by Crippen LogP contribution is -2.38. The van der Waals surface area contributed by atoms with Gasteiger partial charge in [-0.25, -0.2) is 0 Å². The van der Waals surface area contributed by atoms with Gasteiger partial charge in [0, 0.05) is 11.6 Å². The number of carbonyl (C=O) groups is 1. The average Bonchev–Trinajstić information content (AvgIpc) is 2.49. The number of hydrogen-bond donors (Lipinski definition) is 1. The second kappa shape index (κ2) is 4.42. The Kier molecular flexibility index (Phi) is 3.22. The lowest BCUT2D eigenvalue weighted by Gasteiger charge is -2.34. The first-order valence-electron chi connectivity index (χ1n) is 6.69. The number of hydrogen-bond acceptors (Lipinski definition) is 1. The van der Waals surface area contributed by atoms with E-state index in [1.807, 2.05) is 30.3 Å². The highest BCUT2D eigenvalue weighted by Gasteiger charge is 2.50. The van der Waals surface area contributed by atoms with E-state index in [4.69, 9.17) is 0 Å². The molecule has 1 aromatic rings. The van der Waals surface area contributed by atoms with Crippen LogP contribution in [0, 0.1) is 16.7 Å². The van der Waals surface area contributed by atoms with Crippen LogP contribution in [0.1, 0.15) is 40.5 Å². The van der Waals surface area contributed by atoms with Crippen LogP contribution in [-0.2, 0) is 4.79 Å². The Hall–Kier alpha value is -1.31. The molecular weight excluding hydrogens is 222 g/mol. The lowest BCUT2D eigenvalue weighted by atomic mass is 9.72. The summed E-state index contributed by atoms with van der Waals surface area (Å²) in [6.45, 7) is 8.82. The van der Waals surface area contributed by atoms with Crippen molar-refractivity contribution >= 4 is 11.6 Å². The number of benzene rings is 1.